The van der Waals surface area contributed by atoms with Crippen molar-refractivity contribution in [2.75, 3.05) is 24.6 Å². The Kier molecular flexibility index (Phi) is 41.1. The molecule has 0 unspecified atom stereocenters. The molecular weight excluding hydrogens is 426 g/mol. The van der Waals surface area contributed by atoms with Crippen LogP contribution in [0.3, 0.4) is 0 Å². The van der Waals surface area contributed by atoms with Crippen molar-refractivity contribution in [1.29, 1.82) is 0 Å². The molecule has 0 atom stereocenters. The van der Waals surface area contributed by atoms with Crippen LogP contribution in [0.1, 0.15) is 151 Å². The topological polar surface area (TPSA) is 0 Å². The first-order valence-electron chi connectivity index (χ1n) is 13.5. The molecule has 0 aromatic carbocycles. The summed E-state index contributed by atoms with van der Waals surface area (Å²) in [6.07, 6.45) is 30.9. The third-order valence-corrected chi connectivity index (χ3v) is 11.2. The molecular formula is C27H61Cl2P. The molecule has 188 valence electrons. The molecule has 0 amide bonds. The summed E-state index contributed by atoms with van der Waals surface area (Å²) in [6.45, 7) is 14.0. The molecule has 0 N–H and O–H groups in total. The maximum atomic E-state index is 2.36. The summed E-state index contributed by atoms with van der Waals surface area (Å²) < 4.78 is 0. The normalized spacial score (nSPS) is 10.6. The minimum Gasteiger partial charge on any atom is -1.00 e. The highest BCUT2D eigenvalue weighted by Crippen LogP contribution is 2.61. The number of rotatable bonds is 20. The molecule has 3 heteroatoms. The molecule has 0 saturated heterocycles. The highest BCUT2D eigenvalue weighted by molar-refractivity contribution is 7.75. The third-order valence-electron chi connectivity index (χ3n) is 6.15. The van der Waals surface area contributed by atoms with Gasteiger partial charge in [0, 0.05) is 7.26 Å². The summed E-state index contributed by atoms with van der Waals surface area (Å²) >= 11 is 0. The van der Waals surface area contributed by atoms with Crippen molar-refractivity contribution in [2.24, 2.45) is 0 Å². The Labute approximate surface area is 207 Å². The summed E-state index contributed by atoms with van der Waals surface area (Å²) in [5.74, 6) is 0. The third kappa shape index (κ3) is 27.0. The monoisotopic (exact) mass is 486 g/mol. The van der Waals surface area contributed by atoms with Gasteiger partial charge in [0.2, 0.25) is 0 Å². The minimum absolute atomic E-state index is 0. The molecule has 0 radical (unpaired) electrons. The van der Waals surface area contributed by atoms with Crippen LogP contribution in [-0.4, -0.2) is 24.6 Å². The van der Waals surface area contributed by atoms with Gasteiger partial charge in [-0.15, -0.1) is 12.4 Å². The largest absolute Gasteiger partial charge is 1.00 e. The zero-order valence-electron chi connectivity index (χ0n) is 22.1. The maximum Gasteiger partial charge on any atom is 0.0594 e. The number of hydrogen-bond acceptors (Lipinski definition) is 0. The van der Waals surface area contributed by atoms with Gasteiger partial charge in [0.1, 0.15) is 0 Å². The van der Waals surface area contributed by atoms with Gasteiger partial charge >= 0.3 is 0 Å². The van der Waals surface area contributed by atoms with Crippen molar-refractivity contribution in [3.05, 3.63) is 0 Å². The van der Waals surface area contributed by atoms with Gasteiger partial charge in [0.05, 0.1) is 24.6 Å². The molecule has 0 aliphatic rings. The quantitative estimate of drug-likeness (QED) is 0.120. The Morgan fingerprint density at radius 2 is 0.533 bits per heavy atom. The van der Waals surface area contributed by atoms with E-state index in [2.05, 4.69) is 41.5 Å². The first kappa shape index (κ1) is 38.3. The summed E-state index contributed by atoms with van der Waals surface area (Å²) in [7, 11) is -0.562. The second-order valence-electron chi connectivity index (χ2n) is 9.13. The molecule has 0 nitrogen and oxygen atoms in total. The number of unbranched alkanes of at least 4 members (excludes halogenated alkanes) is 12. The van der Waals surface area contributed by atoms with Crippen LogP contribution in [0.25, 0.3) is 0 Å². The predicted molar refractivity (Wildman–Crippen MR) is 146 cm³/mol. The standard InChI is InChI=1S/C16H36P.C11H24.2ClH/c1-5-9-13-17(14-10-6-2,15-11-7-3)16-12-8-4;1-3-5-7-9-11-10-8-6-4-2;;/h5-16H2,1-4H3;3-11H2,1-2H3;2*1H/q+1;;;/p-1. The van der Waals surface area contributed by atoms with E-state index in [9.17, 15) is 0 Å². The molecule has 0 heterocycles. The number of hydrogen-bond donors (Lipinski definition) is 0. The van der Waals surface area contributed by atoms with Crippen LogP contribution < -0.4 is 12.4 Å². The van der Waals surface area contributed by atoms with Crippen molar-refractivity contribution in [2.45, 2.75) is 151 Å². The molecule has 0 aliphatic carbocycles. The predicted octanol–water partition coefficient (Wildman–Crippen LogP) is 8.17. The van der Waals surface area contributed by atoms with Gasteiger partial charge in [0.15, 0.2) is 0 Å². The van der Waals surface area contributed by atoms with E-state index in [1.54, 1.807) is 24.6 Å². The van der Waals surface area contributed by atoms with Gasteiger partial charge in [-0.05, 0) is 25.7 Å². The van der Waals surface area contributed by atoms with Gasteiger partial charge in [0.25, 0.3) is 0 Å². The van der Waals surface area contributed by atoms with E-state index in [0.29, 0.717) is 0 Å². The molecule has 0 spiro atoms. The van der Waals surface area contributed by atoms with Gasteiger partial charge in [-0.2, -0.15) is 0 Å². The van der Waals surface area contributed by atoms with E-state index in [0.717, 1.165) is 0 Å². The zero-order chi connectivity index (χ0) is 21.3. The van der Waals surface area contributed by atoms with Crippen LogP contribution in [0, 0.1) is 0 Å². The van der Waals surface area contributed by atoms with E-state index in [1.807, 2.05) is 0 Å². The average molecular weight is 488 g/mol. The molecule has 0 rings (SSSR count). The molecule has 0 bridgehead atoms. The Morgan fingerprint density at radius 1 is 0.333 bits per heavy atom. The highest BCUT2D eigenvalue weighted by atomic mass is 35.5. The zero-order valence-corrected chi connectivity index (χ0v) is 24.5. The summed E-state index contributed by atoms with van der Waals surface area (Å²) in [5.41, 5.74) is 0. The lowest BCUT2D eigenvalue weighted by Crippen LogP contribution is -3.00. The van der Waals surface area contributed by atoms with Gasteiger partial charge < -0.3 is 12.4 Å². The molecule has 0 aromatic rings. The summed E-state index contributed by atoms with van der Waals surface area (Å²) in [5, 5.41) is 0. The summed E-state index contributed by atoms with van der Waals surface area (Å²) in [4.78, 5) is 0. The van der Waals surface area contributed by atoms with Gasteiger partial charge in [-0.3, -0.25) is 0 Å². The van der Waals surface area contributed by atoms with Gasteiger partial charge in [-0.1, -0.05) is 125 Å². The molecule has 30 heavy (non-hydrogen) atoms. The van der Waals surface area contributed by atoms with Crippen LogP contribution in [-0.2, 0) is 0 Å². The maximum absolute atomic E-state index is 2.36. The fourth-order valence-electron chi connectivity index (χ4n) is 4.03. The van der Waals surface area contributed by atoms with E-state index in [4.69, 9.17) is 0 Å². The Bertz CT molecular complexity index is 226. The van der Waals surface area contributed by atoms with Crippen molar-refractivity contribution in [1.82, 2.24) is 0 Å². The van der Waals surface area contributed by atoms with E-state index < -0.39 is 7.26 Å². The second-order valence-corrected chi connectivity index (χ2v) is 13.6. The van der Waals surface area contributed by atoms with Crippen molar-refractivity contribution < 1.29 is 12.4 Å². The molecule has 0 aromatic heterocycles. The van der Waals surface area contributed by atoms with Crippen LogP contribution in [0.15, 0.2) is 0 Å². The first-order valence-corrected chi connectivity index (χ1v) is 16.0. The van der Waals surface area contributed by atoms with E-state index >= 15 is 0 Å². The van der Waals surface area contributed by atoms with E-state index in [-0.39, 0.29) is 24.8 Å². The van der Waals surface area contributed by atoms with Crippen LogP contribution in [0.5, 0.6) is 0 Å². The first-order chi connectivity index (χ1) is 13.7. The van der Waals surface area contributed by atoms with Crippen molar-refractivity contribution in [3.63, 3.8) is 0 Å². The molecule has 0 aliphatic heterocycles. The van der Waals surface area contributed by atoms with Crippen LogP contribution in [0.4, 0.5) is 0 Å². The molecule has 0 fully saturated rings. The average Bonchev–Trinajstić information content (AvgIpc) is 2.72. The fourth-order valence-corrected chi connectivity index (χ4v) is 9.32. The highest BCUT2D eigenvalue weighted by Gasteiger charge is 2.34. The van der Waals surface area contributed by atoms with Gasteiger partial charge in [-0.25, -0.2) is 0 Å². The fraction of sp³-hybridized carbons (Fsp3) is 1.00. The smallest absolute Gasteiger partial charge is 0.0594 e. The lowest BCUT2D eigenvalue weighted by atomic mass is 10.1. The van der Waals surface area contributed by atoms with Crippen molar-refractivity contribution in [3.8, 4) is 0 Å². The minimum atomic E-state index is -0.562. The lowest BCUT2D eigenvalue weighted by Gasteiger charge is -2.28. The summed E-state index contributed by atoms with van der Waals surface area (Å²) in [6, 6.07) is 0. The Hall–Kier alpha value is 1.01. The SMILES string of the molecule is CCCCCCCCCCC.CCCC[P+](CCCC)(CCCC)CCCC.Cl.[Cl-]. The number of halogens is 2. The van der Waals surface area contributed by atoms with E-state index in [1.165, 1.54) is 109 Å². The Morgan fingerprint density at radius 3 is 0.733 bits per heavy atom. The van der Waals surface area contributed by atoms with Crippen LogP contribution >= 0.6 is 19.7 Å². The lowest BCUT2D eigenvalue weighted by molar-refractivity contribution is -0.00000676. The molecule has 0 saturated carbocycles. The Balaban J connectivity index is -0.000000228. The van der Waals surface area contributed by atoms with Crippen LogP contribution in [0.2, 0.25) is 0 Å². The second kappa shape index (κ2) is 32.2. The van der Waals surface area contributed by atoms with Crippen molar-refractivity contribution >= 4 is 19.7 Å².